The summed E-state index contributed by atoms with van der Waals surface area (Å²) in [5.74, 6) is -0.186. The maximum Gasteiger partial charge on any atom is 0.126 e. The number of halogens is 2. The summed E-state index contributed by atoms with van der Waals surface area (Å²) < 4.78 is 13.5. The van der Waals surface area contributed by atoms with E-state index in [2.05, 4.69) is 11.8 Å². The van der Waals surface area contributed by atoms with Gasteiger partial charge in [-0.15, -0.1) is 0 Å². The van der Waals surface area contributed by atoms with Crippen molar-refractivity contribution in [2.75, 3.05) is 20.1 Å². The maximum absolute atomic E-state index is 13.5. The average Bonchev–Trinajstić information content (AvgIpc) is 2.30. The van der Waals surface area contributed by atoms with E-state index in [4.69, 9.17) is 17.3 Å². The van der Waals surface area contributed by atoms with Gasteiger partial charge in [0.2, 0.25) is 0 Å². The number of nitrogens with zero attached hydrogens (tertiary/aromatic N) is 1. The minimum absolute atomic E-state index is 0.186. The van der Waals surface area contributed by atoms with E-state index in [1.807, 2.05) is 7.05 Å². The van der Waals surface area contributed by atoms with Crippen molar-refractivity contribution in [3.63, 3.8) is 0 Å². The van der Waals surface area contributed by atoms with Crippen molar-refractivity contribution < 1.29 is 4.39 Å². The summed E-state index contributed by atoms with van der Waals surface area (Å²) in [6.45, 7) is 3.61. The molecule has 0 aliphatic heterocycles. The van der Waals surface area contributed by atoms with Crippen LogP contribution in [0.2, 0.25) is 5.02 Å². The first kappa shape index (κ1) is 14.4. The van der Waals surface area contributed by atoms with E-state index in [0.29, 0.717) is 29.6 Å². The molecule has 2 nitrogen and oxygen atoms in total. The van der Waals surface area contributed by atoms with Crippen molar-refractivity contribution in [3.8, 4) is 0 Å². The van der Waals surface area contributed by atoms with Crippen LogP contribution in [0.3, 0.4) is 0 Å². The summed E-state index contributed by atoms with van der Waals surface area (Å²) in [4.78, 5) is 2.19. The van der Waals surface area contributed by atoms with Gasteiger partial charge in [0, 0.05) is 17.6 Å². The Labute approximate surface area is 108 Å². The molecule has 96 valence electrons. The van der Waals surface area contributed by atoms with Crippen LogP contribution in [0.5, 0.6) is 0 Å². The smallest absolute Gasteiger partial charge is 0.126 e. The lowest BCUT2D eigenvalue weighted by molar-refractivity contribution is 0.250. The fourth-order valence-corrected chi connectivity index (χ4v) is 1.91. The van der Waals surface area contributed by atoms with Crippen LogP contribution >= 0.6 is 11.6 Å². The molecular formula is C13H20ClFN2. The average molecular weight is 259 g/mol. The molecule has 0 heterocycles. The molecule has 0 spiro atoms. The number of hydrogen-bond donors (Lipinski definition) is 1. The summed E-state index contributed by atoms with van der Waals surface area (Å²) in [5, 5.41) is 0.582. The highest BCUT2D eigenvalue weighted by atomic mass is 35.5. The first-order valence-corrected chi connectivity index (χ1v) is 6.26. The second kappa shape index (κ2) is 6.94. The summed E-state index contributed by atoms with van der Waals surface area (Å²) in [6.07, 6.45) is 1.62. The van der Waals surface area contributed by atoms with Crippen LogP contribution in [0.1, 0.15) is 18.9 Å². The quantitative estimate of drug-likeness (QED) is 0.850. The van der Waals surface area contributed by atoms with Crippen LogP contribution in [-0.2, 0) is 6.42 Å². The second-order valence-corrected chi connectivity index (χ2v) is 4.83. The largest absolute Gasteiger partial charge is 0.330 e. The topological polar surface area (TPSA) is 29.3 Å². The Morgan fingerprint density at radius 2 is 2.18 bits per heavy atom. The fraction of sp³-hybridized carbons (Fsp3) is 0.538. The third-order valence-corrected chi connectivity index (χ3v) is 3.31. The molecule has 1 atom stereocenters. The molecule has 0 bridgehead atoms. The summed E-state index contributed by atoms with van der Waals surface area (Å²) in [6, 6.07) is 5.10. The Balaban J connectivity index is 2.52. The normalized spacial score (nSPS) is 13.1. The Morgan fingerprint density at radius 3 is 2.82 bits per heavy atom. The molecule has 0 saturated heterocycles. The molecule has 1 aromatic rings. The van der Waals surface area contributed by atoms with Gasteiger partial charge in [-0.3, -0.25) is 0 Å². The van der Waals surface area contributed by atoms with Crippen LogP contribution in [0.4, 0.5) is 4.39 Å². The summed E-state index contributed by atoms with van der Waals surface area (Å²) >= 11 is 5.85. The molecule has 0 amide bonds. The monoisotopic (exact) mass is 258 g/mol. The highest BCUT2D eigenvalue weighted by Crippen LogP contribution is 2.16. The highest BCUT2D eigenvalue weighted by Gasteiger charge is 2.09. The molecule has 4 heteroatoms. The Hall–Kier alpha value is -0.640. The lowest BCUT2D eigenvalue weighted by Gasteiger charge is -2.24. The molecule has 1 rings (SSSR count). The van der Waals surface area contributed by atoms with Gasteiger partial charge in [-0.1, -0.05) is 11.6 Å². The van der Waals surface area contributed by atoms with Gasteiger partial charge in [-0.25, -0.2) is 4.39 Å². The van der Waals surface area contributed by atoms with Gasteiger partial charge in [0.25, 0.3) is 0 Å². The van der Waals surface area contributed by atoms with Gasteiger partial charge in [0.1, 0.15) is 5.82 Å². The van der Waals surface area contributed by atoms with Gasteiger partial charge < -0.3 is 10.6 Å². The molecule has 0 radical (unpaired) electrons. The molecule has 2 N–H and O–H groups in total. The second-order valence-electron chi connectivity index (χ2n) is 4.39. The van der Waals surface area contributed by atoms with Crippen LogP contribution in [0.25, 0.3) is 0 Å². The predicted molar refractivity (Wildman–Crippen MR) is 70.9 cm³/mol. The molecule has 1 unspecified atom stereocenters. The predicted octanol–water partition coefficient (Wildman–Crippen LogP) is 2.69. The number of benzene rings is 1. The third-order valence-electron chi connectivity index (χ3n) is 3.08. The van der Waals surface area contributed by atoms with Crippen molar-refractivity contribution >= 4 is 11.6 Å². The van der Waals surface area contributed by atoms with Gasteiger partial charge in [-0.05, 0) is 57.1 Å². The van der Waals surface area contributed by atoms with Crippen LogP contribution < -0.4 is 5.73 Å². The minimum Gasteiger partial charge on any atom is -0.330 e. The molecule has 0 aliphatic rings. The van der Waals surface area contributed by atoms with Gasteiger partial charge in [0.05, 0.1) is 0 Å². The highest BCUT2D eigenvalue weighted by molar-refractivity contribution is 6.30. The molecule has 0 saturated carbocycles. The van der Waals surface area contributed by atoms with Crippen molar-refractivity contribution in [1.82, 2.24) is 4.90 Å². The summed E-state index contributed by atoms with van der Waals surface area (Å²) in [5.41, 5.74) is 6.19. The number of likely N-dealkylation sites (N-methyl/N-ethyl adjacent to an activating group) is 1. The Kier molecular flexibility index (Phi) is 5.89. The number of rotatable bonds is 6. The van der Waals surface area contributed by atoms with Crippen molar-refractivity contribution in [2.24, 2.45) is 5.73 Å². The van der Waals surface area contributed by atoms with E-state index >= 15 is 0 Å². The molecule has 1 aromatic carbocycles. The first-order chi connectivity index (χ1) is 8.04. The molecule has 0 fully saturated rings. The zero-order chi connectivity index (χ0) is 12.8. The van der Waals surface area contributed by atoms with E-state index in [-0.39, 0.29) is 5.82 Å². The number of nitrogens with two attached hydrogens (primary N) is 1. The molecule has 0 aromatic heterocycles. The lowest BCUT2D eigenvalue weighted by Crippen LogP contribution is -2.32. The van der Waals surface area contributed by atoms with Crippen LogP contribution in [0.15, 0.2) is 18.2 Å². The lowest BCUT2D eigenvalue weighted by atomic mass is 10.1. The van der Waals surface area contributed by atoms with Crippen LogP contribution in [-0.4, -0.2) is 31.1 Å². The molecule has 17 heavy (non-hydrogen) atoms. The van der Waals surface area contributed by atoms with E-state index < -0.39 is 0 Å². The van der Waals surface area contributed by atoms with Gasteiger partial charge in [0.15, 0.2) is 0 Å². The van der Waals surface area contributed by atoms with Gasteiger partial charge >= 0.3 is 0 Å². The van der Waals surface area contributed by atoms with Crippen molar-refractivity contribution in [1.29, 1.82) is 0 Å². The van der Waals surface area contributed by atoms with E-state index in [1.54, 1.807) is 12.1 Å². The summed E-state index contributed by atoms with van der Waals surface area (Å²) in [7, 11) is 2.03. The third kappa shape index (κ3) is 4.62. The molecule has 0 aliphatic carbocycles. The minimum atomic E-state index is -0.186. The molecular weight excluding hydrogens is 239 g/mol. The zero-order valence-corrected chi connectivity index (χ0v) is 11.2. The number of hydrogen-bond acceptors (Lipinski definition) is 2. The first-order valence-electron chi connectivity index (χ1n) is 5.89. The van der Waals surface area contributed by atoms with Gasteiger partial charge in [-0.2, -0.15) is 0 Å². The van der Waals surface area contributed by atoms with Crippen molar-refractivity contribution in [2.45, 2.75) is 25.8 Å². The van der Waals surface area contributed by atoms with E-state index in [9.17, 15) is 4.39 Å². The Bertz CT molecular complexity index is 357. The standard InChI is InChI=1S/C13H20ClFN2/c1-10(5-7-16)17(2)8-6-11-9-12(14)3-4-13(11)15/h3-4,9-10H,5-8,16H2,1-2H3. The van der Waals surface area contributed by atoms with E-state index in [1.165, 1.54) is 6.07 Å². The zero-order valence-electron chi connectivity index (χ0n) is 10.4. The van der Waals surface area contributed by atoms with Crippen LogP contribution in [0, 0.1) is 5.82 Å². The maximum atomic E-state index is 13.5. The van der Waals surface area contributed by atoms with Crippen molar-refractivity contribution in [3.05, 3.63) is 34.6 Å². The fourth-order valence-electron chi connectivity index (χ4n) is 1.71. The SMILES string of the molecule is CC(CCN)N(C)CCc1cc(Cl)ccc1F. The Morgan fingerprint density at radius 1 is 1.47 bits per heavy atom. The van der Waals surface area contributed by atoms with E-state index in [0.717, 1.165) is 13.0 Å².